The monoisotopic (exact) mass is 361 g/mol. The van der Waals surface area contributed by atoms with Crippen molar-refractivity contribution in [2.45, 2.75) is 20.3 Å². The molecule has 0 atom stereocenters. The first-order chi connectivity index (χ1) is 13.2. The van der Waals surface area contributed by atoms with Gasteiger partial charge in [0, 0.05) is 43.0 Å². The van der Waals surface area contributed by atoms with Crippen LogP contribution in [0.5, 0.6) is 0 Å². The van der Waals surface area contributed by atoms with Crippen LogP contribution in [0.4, 0.5) is 5.82 Å². The SMILES string of the molecule is C=CCc1c(C)nc2c(-c3ccccc3)cnn2c1N1CCN(CC)CC1. The molecule has 1 aliphatic rings. The third-order valence-electron chi connectivity index (χ3n) is 5.48. The van der Waals surface area contributed by atoms with E-state index in [9.17, 15) is 0 Å². The average Bonchev–Trinajstić information content (AvgIpc) is 3.12. The summed E-state index contributed by atoms with van der Waals surface area (Å²) in [5.74, 6) is 1.18. The van der Waals surface area contributed by atoms with Gasteiger partial charge in [-0.15, -0.1) is 6.58 Å². The summed E-state index contributed by atoms with van der Waals surface area (Å²) in [5, 5.41) is 4.76. The number of allylic oxidation sites excluding steroid dienone is 1. The molecule has 1 aromatic carbocycles. The van der Waals surface area contributed by atoms with Gasteiger partial charge < -0.3 is 9.80 Å². The summed E-state index contributed by atoms with van der Waals surface area (Å²) in [6.45, 7) is 13.6. The smallest absolute Gasteiger partial charge is 0.165 e. The predicted molar refractivity (Wildman–Crippen MR) is 111 cm³/mol. The second kappa shape index (κ2) is 7.53. The van der Waals surface area contributed by atoms with E-state index in [1.165, 1.54) is 11.4 Å². The Balaban J connectivity index is 1.86. The van der Waals surface area contributed by atoms with Crippen LogP contribution in [0.1, 0.15) is 18.2 Å². The van der Waals surface area contributed by atoms with E-state index >= 15 is 0 Å². The van der Waals surface area contributed by atoms with Crippen LogP contribution in [-0.4, -0.2) is 52.2 Å². The first kappa shape index (κ1) is 17.7. The molecule has 0 spiro atoms. The van der Waals surface area contributed by atoms with Crippen LogP contribution in [0.2, 0.25) is 0 Å². The van der Waals surface area contributed by atoms with Crippen LogP contribution >= 0.6 is 0 Å². The topological polar surface area (TPSA) is 36.7 Å². The van der Waals surface area contributed by atoms with E-state index in [1.807, 2.05) is 22.9 Å². The van der Waals surface area contributed by atoms with Crippen LogP contribution in [-0.2, 0) is 6.42 Å². The summed E-state index contributed by atoms with van der Waals surface area (Å²) in [7, 11) is 0. The van der Waals surface area contributed by atoms with Crippen molar-refractivity contribution in [1.82, 2.24) is 19.5 Å². The minimum Gasteiger partial charge on any atom is -0.354 e. The molecule has 0 amide bonds. The second-order valence-corrected chi connectivity index (χ2v) is 7.07. The van der Waals surface area contributed by atoms with Crippen molar-refractivity contribution in [3.63, 3.8) is 0 Å². The van der Waals surface area contributed by atoms with Crippen molar-refractivity contribution in [1.29, 1.82) is 0 Å². The normalized spacial score (nSPS) is 15.4. The van der Waals surface area contributed by atoms with E-state index < -0.39 is 0 Å². The Morgan fingerprint density at radius 1 is 1.11 bits per heavy atom. The molecule has 27 heavy (non-hydrogen) atoms. The fourth-order valence-electron chi connectivity index (χ4n) is 3.93. The standard InChI is InChI=1S/C22H27N5/c1-4-9-19-17(3)24-21-20(18-10-7-6-8-11-18)16-23-27(21)22(19)26-14-12-25(5-2)13-15-26/h4,6-8,10-11,16H,1,5,9,12-15H2,2-3H3. The van der Waals surface area contributed by atoms with E-state index in [4.69, 9.17) is 10.1 Å². The van der Waals surface area contributed by atoms with Crippen LogP contribution in [0.15, 0.2) is 49.2 Å². The van der Waals surface area contributed by atoms with Gasteiger partial charge in [0.2, 0.25) is 0 Å². The molecule has 5 nitrogen and oxygen atoms in total. The van der Waals surface area contributed by atoms with Crippen LogP contribution in [0, 0.1) is 6.92 Å². The van der Waals surface area contributed by atoms with Crippen molar-refractivity contribution in [3.8, 4) is 11.1 Å². The van der Waals surface area contributed by atoms with Gasteiger partial charge in [0.05, 0.1) is 6.20 Å². The van der Waals surface area contributed by atoms with E-state index in [0.717, 1.165) is 61.6 Å². The van der Waals surface area contributed by atoms with Crippen molar-refractivity contribution >= 4 is 11.5 Å². The van der Waals surface area contributed by atoms with Crippen molar-refractivity contribution < 1.29 is 0 Å². The van der Waals surface area contributed by atoms with E-state index in [-0.39, 0.29) is 0 Å². The second-order valence-electron chi connectivity index (χ2n) is 7.07. The number of fused-ring (bicyclic) bond motifs is 1. The molecule has 0 saturated carbocycles. The number of benzene rings is 1. The number of piperazine rings is 1. The van der Waals surface area contributed by atoms with Gasteiger partial charge in [0.15, 0.2) is 5.65 Å². The highest BCUT2D eigenvalue weighted by Gasteiger charge is 2.24. The highest BCUT2D eigenvalue weighted by Crippen LogP contribution is 2.31. The molecule has 1 fully saturated rings. The highest BCUT2D eigenvalue weighted by molar-refractivity contribution is 5.79. The molecule has 1 saturated heterocycles. The number of rotatable bonds is 5. The summed E-state index contributed by atoms with van der Waals surface area (Å²) in [5.41, 5.74) is 5.45. The molecule has 0 aliphatic carbocycles. The molecule has 1 aliphatic heterocycles. The maximum Gasteiger partial charge on any atom is 0.165 e. The van der Waals surface area contributed by atoms with Gasteiger partial charge >= 0.3 is 0 Å². The molecule has 3 aromatic rings. The predicted octanol–water partition coefficient (Wildman–Crippen LogP) is 3.58. The molecular weight excluding hydrogens is 334 g/mol. The van der Waals surface area contributed by atoms with Crippen molar-refractivity contribution in [2.75, 3.05) is 37.6 Å². The summed E-state index contributed by atoms with van der Waals surface area (Å²) >= 11 is 0. The zero-order valence-corrected chi connectivity index (χ0v) is 16.2. The largest absolute Gasteiger partial charge is 0.354 e. The molecule has 0 unspecified atom stereocenters. The number of anilines is 1. The lowest BCUT2D eigenvalue weighted by Gasteiger charge is -2.36. The third-order valence-corrected chi connectivity index (χ3v) is 5.48. The van der Waals surface area contributed by atoms with Gasteiger partial charge in [-0.25, -0.2) is 4.98 Å². The molecule has 140 valence electrons. The minimum atomic E-state index is 0.804. The van der Waals surface area contributed by atoms with Gasteiger partial charge in [0.25, 0.3) is 0 Å². The van der Waals surface area contributed by atoms with E-state index in [2.05, 4.69) is 54.5 Å². The number of hydrogen-bond donors (Lipinski definition) is 0. The van der Waals surface area contributed by atoms with Gasteiger partial charge in [-0.1, -0.05) is 43.3 Å². The van der Waals surface area contributed by atoms with Crippen LogP contribution < -0.4 is 4.90 Å². The zero-order chi connectivity index (χ0) is 18.8. The van der Waals surface area contributed by atoms with Gasteiger partial charge in [-0.2, -0.15) is 9.61 Å². The first-order valence-corrected chi connectivity index (χ1v) is 9.73. The fourth-order valence-corrected chi connectivity index (χ4v) is 3.93. The molecule has 5 heteroatoms. The highest BCUT2D eigenvalue weighted by atomic mass is 15.4. The summed E-state index contributed by atoms with van der Waals surface area (Å²) < 4.78 is 2.04. The lowest BCUT2D eigenvalue weighted by molar-refractivity contribution is 0.270. The van der Waals surface area contributed by atoms with Gasteiger partial charge in [-0.3, -0.25) is 0 Å². The molecular formula is C22H27N5. The zero-order valence-electron chi connectivity index (χ0n) is 16.2. The average molecular weight is 361 g/mol. The summed E-state index contributed by atoms with van der Waals surface area (Å²) in [6.07, 6.45) is 4.71. The number of likely N-dealkylation sites (N-methyl/N-ethyl adjacent to an activating group) is 1. The number of nitrogens with zero attached hydrogens (tertiary/aromatic N) is 5. The van der Waals surface area contributed by atoms with E-state index in [0.29, 0.717) is 0 Å². The van der Waals surface area contributed by atoms with Gasteiger partial charge in [0.1, 0.15) is 5.82 Å². The molecule has 0 N–H and O–H groups in total. The number of aromatic nitrogens is 3. The molecule has 0 radical (unpaired) electrons. The third kappa shape index (κ3) is 3.23. The minimum absolute atomic E-state index is 0.804. The molecule has 4 rings (SSSR count). The summed E-state index contributed by atoms with van der Waals surface area (Å²) in [6, 6.07) is 10.4. The first-order valence-electron chi connectivity index (χ1n) is 9.73. The molecule has 0 bridgehead atoms. The summed E-state index contributed by atoms with van der Waals surface area (Å²) in [4.78, 5) is 9.89. The maximum atomic E-state index is 4.93. The molecule has 2 aromatic heterocycles. The van der Waals surface area contributed by atoms with Crippen LogP contribution in [0.25, 0.3) is 16.8 Å². The Morgan fingerprint density at radius 2 is 1.85 bits per heavy atom. The Bertz CT molecular complexity index is 936. The Kier molecular flexibility index (Phi) is 4.94. The Morgan fingerprint density at radius 3 is 2.52 bits per heavy atom. The molecule has 3 heterocycles. The van der Waals surface area contributed by atoms with Crippen LogP contribution in [0.3, 0.4) is 0 Å². The fraction of sp³-hybridized carbons (Fsp3) is 0.364. The van der Waals surface area contributed by atoms with Gasteiger partial charge in [-0.05, 0) is 25.5 Å². The van der Waals surface area contributed by atoms with Crippen molar-refractivity contribution in [3.05, 3.63) is 60.4 Å². The Hall–Kier alpha value is -2.66. The number of hydrogen-bond acceptors (Lipinski definition) is 4. The quantitative estimate of drug-likeness (QED) is 0.651. The lowest BCUT2D eigenvalue weighted by Crippen LogP contribution is -2.47. The lowest BCUT2D eigenvalue weighted by atomic mass is 10.1. The van der Waals surface area contributed by atoms with E-state index in [1.54, 1.807) is 0 Å². The Labute approximate surface area is 160 Å². The maximum absolute atomic E-state index is 4.93. The van der Waals surface area contributed by atoms with Crippen molar-refractivity contribution in [2.24, 2.45) is 0 Å². The number of aryl methyl sites for hydroxylation is 1.